The van der Waals surface area contributed by atoms with Gasteiger partial charge < -0.3 is 10.2 Å². The summed E-state index contributed by atoms with van der Waals surface area (Å²) in [7, 11) is -3.72. The highest BCUT2D eigenvalue weighted by Gasteiger charge is 2.31. The van der Waals surface area contributed by atoms with Gasteiger partial charge in [0.25, 0.3) is 0 Å². The molecule has 1 atom stereocenters. The second kappa shape index (κ2) is 15.0. The van der Waals surface area contributed by atoms with Crippen LogP contribution in [-0.4, -0.2) is 50.0 Å². The van der Waals surface area contributed by atoms with Crippen LogP contribution in [0, 0.1) is 0 Å². The first-order valence-electron chi connectivity index (χ1n) is 13.2. The van der Waals surface area contributed by atoms with Gasteiger partial charge in [0.05, 0.1) is 17.0 Å². The maximum Gasteiger partial charge on any atom is 0.243 e. The number of hydrogen-bond donors (Lipinski definition) is 1. The molecule has 0 aliphatic rings. The molecule has 7 nitrogen and oxygen atoms in total. The lowest BCUT2D eigenvalue weighted by Crippen LogP contribution is -2.51. The average molecular weight is 683 g/mol. The third-order valence-electron chi connectivity index (χ3n) is 6.30. The molecule has 0 spiro atoms. The van der Waals surface area contributed by atoms with Crippen molar-refractivity contribution in [1.29, 1.82) is 0 Å². The average Bonchev–Trinajstić information content (AvgIpc) is 2.90. The van der Waals surface area contributed by atoms with E-state index in [9.17, 15) is 18.0 Å². The van der Waals surface area contributed by atoms with Gasteiger partial charge in [-0.2, -0.15) is 0 Å². The highest BCUT2D eigenvalue weighted by Crippen LogP contribution is 2.31. The minimum absolute atomic E-state index is 0.0122. The molecule has 0 heterocycles. The highest BCUT2D eigenvalue weighted by atomic mass is 79.9. The number of benzene rings is 3. The number of carbonyl (C=O) groups is 2. The lowest BCUT2D eigenvalue weighted by molar-refractivity contribution is -0.141. The number of nitrogens with zero attached hydrogens (tertiary/aromatic N) is 2. The van der Waals surface area contributed by atoms with Crippen molar-refractivity contribution in [2.45, 2.75) is 51.7 Å². The maximum atomic E-state index is 13.8. The Kier molecular flexibility index (Phi) is 12.1. The van der Waals surface area contributed by atoms with E-state index in [2.05, 4.69) is 21.2 Å². The molecule has 0 aliphatic heterocycles. The molecule has 0 unspecified atom stereocenters. The van der Waals surface area contributed by atoms with E-state index in [1.54, 1.807) is 11.0 Å². The van der Waals surface area contributed by atoms with Crippen LogP contribution in [0.15, 0.2) is 77.3 Å². The zero-order valence-electron chi connectivity index (χ0n) is 23.2. The smallest absolute Gasteiger partial charge is 0.243 e. The summed E-state index contributed by atoms with van der Waals surface area (Å²) in [5.74, 6) is -0.517. The van der Waals surface area contributed by atoms with Crippen molar-refractivity contribution in [3.63, 3.8) is 0 Å². The van der Waals surface area contributed by atoms with E-state index in [-0.39, 0.29) is 54.5 Å². The molecule has 0 bridgehead atoms. The minimum atomic E-state index is -3.72. The lowest BCUT2D eigenvalue weighted by atomic mass is 10.0. The van der Waals surface area contributed by atoms with Crippen LogP contribution in [0.5, 0.6) is 0 Å². The van der Waals surface area contributed by atoms with Crippen LogP contribution in [0.3, 0.4) is 0 Å². The number of carbonyl (C=O) groups excluding carboxylic acids is 2. The second-order valence-electron chi connectivity index (χ2n) is 10.1. The van der Waals surface area contributed by atoms with Gasteiger partial charge in [-0.25, -0.2) is 8.42 Å². The molecule has 0 radical (unpaired) electrons. The number of halogens is 3. The molecule has 0 saturated carbocycles. The van der Waals surface area contributed by atoms with E-state index >= 15 is 0 Å². The van der Waals surface area contributed by atoms with Crippen LogP contribution in [-0.2, 0) is 32.6 Å². The Morgan fingerprint density at radius 3 is 2.22 bits per heavy atom. The summed E-state index contributed by atoms with van der Waals surface area (Å²) in [6, 6.07) is 20.8. The Hall–Kier alpha value is -2.59. The van der Waals surface area contributed by atoms with E-state index in [0.29, 0.717) is 11.4 Å². The molecule has 0 aromatic heterocycles. The summed E-state index contributed by atoms with van der Waals surface area (Å²) in [5.41, 5.74) is 2.03. The van der Waals surface area contributed by atoms with Crippen LogP contribution in [0.1, 0.15) is 37.8 Å². The van der Waals surface area contributed by atoms with Crippen molar-refractivity contribution in [2.75, 3.05) is 17.1 Å². The fraction of sp³-hybridized carbons (Fsp3) is 0.333. The Morgan fingerprint density at radius 1 is 0.951 bits per heavy atom. The summed E-state index contributed by atoms with van der Waals surface area (Å²) in [6.45, 7) is 3.97. The van der Waals surface area contributed by atoms with Crippen LogP contribution in [0.25, 0.3) is 0 Å². The molecule has 0 saturated heterocycles. The van der Waals surface area contributed by atoms with E-state index in [0.717, 1.165) is 26.2 Å². The van der Waals surface area contributed by atoms with Crippen molar-refractivity contribution < 1.29 is 18.0 Å². The van der Waals surface area contributed by atoms with Gasteiger partial charge in [0.1, 0.15) is 6.04 Å². The molecule has 0 fully saturated rings. The lowest BCUT2D eigenvalue weighted by Gasteiger charge is -2.32. The molecule has 3 rings (SSSR count). The third-order valence-corrected chi connectivity index (χ3v) is 8.56. The van der Waals surface area contributed by atoms with Crippen LogP contribution >= 0.6 is 39.1 Å². The summed E-state index contributed by atoms with van der Waals surface area (Å²) in [5, 5.41) is 3.54. The topological polar surface area (TPSA) is 86.8 Å². The quantitative estimate of drug-likeness (QED) is 0.224. The summed E-state index contributed by atoms with van der Waals surface area (Å²) in [4.78, 5) is 28.9. The molecular formula is C30H34BrCl2N3O4S. The highest BCUT2D eigenvalue weighted by molar-refractivity contribution is 9.10. The first-order chi connectivity index (χ1) is 19.3. The van der Waals surface area contributed by atoms with Crippen molar-refractivity contribution in [3.05, 3.63) is 98.4 Å². The molecular weight excluding hydrogens is 649 g/mol. The minimum Gasteiger partial charge on any atom is -0.352 e. The number of anilines is 1. The molecule has 11 heteroatoms. The predicted molar refractivity (Wildman–Crippen MR) is 170 cm³/mol. The molecule has 3 aromatic carbocycles. The van der Waals surface area contributed by atoms with Crippen molar-refractivity contribution >= 4 is 66.7 Å². The Labute approximate surface area is 261 Å². The molecule has 220 valence electrons. The summed E-state index contributed by atoms with van der Waals surface area (Å²) < 4.78 is 27.4. The van der Waals surface area contributed by atoms with Crippen molar-refractivity contribution in [1.82, 2.24) is 10.2 Å². The normalized spacial score (nSPS) is 12.2. The molecule has 0 aliphatic carbocycles. The first-order valence-corrected chi connectivity index (χ1v) is 16.6. The van der Waals surface area contributed by atoms with Gasteiger partial charge in [0, 0.05) is 41.5 Å². The number of nitrogens with one attached hydrogen (secondary N) is 1. The largest absolute Gasteiger partial charge is 0.352 e. The number of hydrogen-bond acceptors (Lipinski definition) is 4. The van der Waals surface area contributed by atoms with Crippen molar-refractivity contribution in [2.24, 2.45) is 0 Å². The van der Waals surface area contributed by atoms with E-state index < -0.39 is 16.1 Å². The number of rotatable bonds is 13. The Morgan fingerprint density at radius 2 is 1.61 bits per heavy atom. The van der Waals surface area contributed by atoms with Crippen LogP contribution in [0.4, 0.5) is 5.69 Å². The van der Waals surface area contributed by atoms with Crippen LogP contribution < -0.4 is 9.62 Å². The van der Waals surface area contributed by atoms with Crippen LogP contribution in [0.2, 0.25) is 10.0 Å². The molecule has 3 aromatic rings. The van der Waals surface area contributed by atoms with E-state index in [1.165, 1.54) is 12.1 Å². The van der Waals surface area contributed by atoms with Gasteiger partial charge >= 0.3 is 0 Å². The van der Waals surface area contributed by atoms with E-state index in [1.807, 2.05) is 68.4 Å². The standard InChI is InChI=1S/C30H34BrCl2N3O4S/c1-21(2)34-30(38)28(18-22-8-5-4-6-9-22)35(20-23-11-13-24(31)14-12-23)29(37)10-7-17-36(41(3,39)40)27-19-25(32)15-16-26(27)33/h4-6,8-9,11-16,19,21,28H,7,10,17-18,20H2,1-3H3,(H,34,38)/t28-/m1/s1. The monoisotopic (exact) mass is 681 g/mol. The van der Waals surface area contributed by atoms with Gasteiger partial charge in [0.2, 0.25) is 21.8 Å². The van der Waals surface area contributed by atoms with Gasteiger partial charge in [-0.05, 0) is 61.7 Å². The van der Waals surface area contributed by atoms with Gasteiger partial charge in [-0.15, -0.1) is 0 Å². The van der Waals surface area contributed by atoms with Gasteiger partial charge in [0.15, 0.2) is 0 Å². The Bertz CT molecular complexity index is 1440. The first kappa shape index (κ1) is 32.9. The zero-order valence-corrected chi connectivity index (χ0v) is 27.1. The molecule has 2 amide bonds. The van der Waals surface area contributed by atoms with E-state index in [4.69, 9.17) is 23.2 Å². The number of sulfonamides is 1. The van der Waals surface area contributed by atoms with Gasteiger partial charge in [-0.1, -0.05) is 81.6 Å². The van der Waals surface area contributed by atoms with Gasteiger partial charge in [-0.3, -0.25) is 13.9 Å². The molecule has 1 N–H and O–H groups in total. The fourth-order valence-corrected chi connectivity index (χ4v) is 6.05. The predicted octanol–water partition coefficient (Wildman–Crippen LogP) is 6.47. The zero-order chi connectivity index (χ0) is 30.2. The summed E-state index contributed by atoms with van der Waals surface area (Å²) in [6.07, 6.45) is 1.63. The summed E-state index contributed by atoms with van der Waals surface area (Å²) >= 11 is 15.8. The SMILES string of the molecule is CC(C)NC(=O)[C@@H](Cc1ccccc1)N(Cc1ccc(Br)cc1)C(=O)CCCN(c1cc(Cl)ccc1Cl)S(C)(=O)=O. The fourth-order valence-electron chi connectivity index (χ4n) is 4.38. The molecule has 41 heavy (non-hydrogen) atoms. The third kappa shape index (κ3) is 10.0. The van der Waals surface area contributed by atoms with Crippen molar-refractivity contribution in [3.8, 4) is 0 Å². The second-order valence-corrected chi connectivity index (χ2v) is 13.7. The Balaban J connectivity index is 1.89. The number of amides is 2. The maximum absolute atomic E-state index is 13.8.